The molecule has 1 atom stereocenters. The molecular weight excluding hydrogens is 342 g/mol. The van der Waals surface area contributed by atoms with Gasteiger partial charge in [-0.25, -0.2) is 4.79 Å². The van der Waals surface area contributed by atoms with Gasteiger partial charge in [0, 0.05) is 17.9 Å². The van der Waals surface area contributed by atoms with E-state index in [1.54, 1.807) is 49.4 Å². The molecule has 138 valence electrons. The van der Waals surface area contributed by atoms with E-state index >= 15 is 0 Å². The zero-order valence-electron chi connectivity index (χ0n) is 15.1. The molecule has 1 amide bonds. The van der Waals surface area contributed by atoms with Gasteiger partial charge in [0.25, 0.3) is 0 Å². The van der Waals surface area contributed by atoms with Crippen molar-refractivity contribution in [2.45, 2.75) is 25.8 Å². The smallest absolute Gasteiger partial charge is 0.338 e. The van der Waals surface area contributed by atoms with Crippen LogP contribution in [0.2, 0.25) is 0 Å². The Balaban J connectivity index is 1.74. The van der Waals surface area contributed by atoms with Crippen molar-refractivity contribution in [1.82, 2.24) is 0 Å². The second-order valence-electron chi connectivity index (χ2n) is 6.30. The molecule has 1 aliphatic heterocycles. The van der Waals surface area contributed by atoms with Gasteiger partial charge in [0.2, 0.25) is 5.91 Å². The topological polar surface area (TPSA) is 82.4 Å². The zero-order chi connectivity index (χ0) is 19.2. The highest BCUT2D eigenvalue weighted by Crippen LogP contribution is 2.27. The summed E-state index contributed by atoms with van der Waals surface area (Å²) in [5, 5.41) is 11.8. The number of benzene rings is 2. The SMILES string of the molecule is CCOC(=O)c1cccc(N2CCC[C@@H]2C(=O)Nc2ccc(C#N)cc2)c1. The summed E-state index contributed by atoms with van der Waals surface area (Å²) in [6, 6.07) is 15.7. The zero-order valence-corrected chi connectivity index (χ0v) is 15.1. The number of nitrogens with one attached hydrogen (secondary N) is 1. The maximum absolute atomic E-state index is 12.8. The van der Waals surface area contributed by atoms with E-state index in [1.807, 2.05) is 11.0 Å². The van der Waals surface area contributed by atoms with Gasteiger partial charge in [0.15, 0.2) is 0 Å². The Kier molecular flexibility index (Phi) is 5.72. The molecule has 0 bridgehead atoms. The molecule has 6 nitrogen and oxygen atoms in total. The van der Waals surface area contributed by atoms with Gasteiger partial charge in [-0.15, -0.1) is 0 Å². The predicted molar refractivity (Wildman–Crippen MR) is 103 cm³/mol. The number of carbonyl (C=O) groups excluding carboxylic acids is 2. The van der Waals surface area contributed by atoms with Crippen molar-refractivity contribution in [2.24, 2.45) is 0 Å². The van der Waals surface area contributed by atoms with Gasteiger partial charge in [-0.1, -0.05) is 6.07 Å². The number of nitrogens with zero attached hydrogens (tertiary/aromatic N) is 2. The first kappa shape index (κ1) is 18.5. The van der Waals surface area contributed by atoms with Crippen molar-refractivity contribution in [3.05, 3.63) is 59.7 Å². The van der Waals surface area contributed by atoms with Crippen LogP contribution in [0, 0.1) is 11.3 Å². The summed E-state index contributed by atoms with van der Waals surface area (Å²) in [6.07, 6.45) is 1.64. The Morgan fingerprint density at radius 3 is 2.74 bits per heavy atom. The molecule has 1 fully saturated rings. The number of amides is 1. The molecule has 1 N–H and O–H groups in total. The van der Waals surface area contributed by atoms with Crippen LogP contribution in [0.3, 0.4) is 0 Å². The molecule has 1 saturated heterocycles. The lowest BCUT2D eigenvalue weighted by atomic mass is 10.1. The maximum Gasteiger partial charge on any atom is 0.338 e. The molecule has 27 heavy (non-hydrogen) atoms. The summed E-state index contributed by atoms with van der Waals surface area (Å²) in [5.74, 6) is -0.462. The lowest BCUT2D eigenvalue weighted by Crippen LogP contribution is -2.39. The molecule has 0 aromatic heterocycles. The normalized spacial score (nSPS) is 15.9. The minimum atomic E-state index is -0.364. The van der Waals surface area contributed by atoms with Crippen molar-refractivity contribution < 1.29 is 14.3 Å². The van der Waals surface area contributed by atoms with Crippen molar-refractivity contribution in [1.29, 1.82) is 5.26 Å². The second kappa shape index (κ2) is 8.37. The van der Waals surface area contributed by atoms with Gasteiger partial charge in [0.05, 0.1) is 23.8 Å². The monoisotopic (exact) mass is 363 g/mol. The molecule has 0 saturated carbocycles. The quantitative estimate of drug-likeness (QED) is 0.824. The van der Waals surface area contributed by atoms with E-state index in [0.717, 1.165) is 25.1 Å². The first-order valence-electron chi connectivity index (χ1n) is 8.97. The molecule has 0 radical (unpaired) electrons. The number of carbonyl (C=O) groups is 2. The molecule has 2 aromatic carbocycles. The minimum absolute atomic E-state index is 0.0984. The Labute approximate surface area is 158 Å². The maximum atomic E-state index is 12.8. The standard InChI is InChI=1S/C21H21N3O3/c1-2-27-21(26)16-5-3-6-18(13-16)24-12-4-7-19(24)20(25)23-17-10-8-15(14-22)9-11-17/h3,5-6,8-11,13,19H,2,4,7,12H2,1H3,(H,23,25)/t19-/m1/s1. The van der Waals surface area contributed by atoms with Crippen LogP contribution >= 0.6 is 0 Å². The number of hydrogen-bond acceptors (Lipinski definition) is 5. The van der Waals surface area contributed by atoms with Gasteiger partial charge >= 0.3 is 5.97 Å². The molecule has 0 unspecified atom stereocenters. The Morgan fingerprint density at radius 2 is 2.04 bits per heavy atom. The average Bonchev–Trinajstić information content (AvgIpc) is 3.19. The van der Waals surface area contributed by atoms with Crippen LogP contribution in [0.1, 0.15) is 35.7 Å². The summed E-state index contributed by atoms with van der Waals surface area (Å²) in [7, 11) is 0. The Bertz CT molecular complexity index is 871. The van der Waals surface area contributed by atoms with Gasteiger partial charge in [-0.2, -0.15) is 5.26 Å². The Hall–Kier alpha value is -3.33. The highest BCUT2D eigenvalue weighted by molar-refractivity contribution is 5.97. The van der Waals surface area contributed by atoms with Crippen LogP contribution in [0.15, 0.2) is 48.5 Å². The second-order valence-corrected chi connectivity index (χ2v) is 6.30. The molecule has 3 rings (SSSR count). The summed E-state index contributed by atoms with van der Waals surface area (Å²) < 4.78 is 5.06. The van der Waals surface area contributed by atoms with Gasteiger partial charge in [-0.05, 0) is 62.2 Å². The van der Waals surface area contributed by atoms with Gasteiger partial charge < -0.3 is 15.0 Å². The van der Waals surface area contributed by atoms with Gasteiger partial charge in [-0.3, -0.25) is 4.79 Å². The average molecular weight is 363 g/mol. The van der Waals surface area contributed by atoms with Crippen LogP contribution in [-0.4, -0.2) is 31.1 Å². The number of ether oxygens (including phenoxy) is 1. The fourth-order valence-electron chi connectivity index (χ4n) is 3.23. The van der Waals surface area contributed by atoms with Crippen molar-refractivity contribution in [3.63, 3.8) is 0 Å². The molecular formula is C21H21N3O3. The van der Waals surface area contributed by atoms with E-state index < -0.39 is 0 Å². The first-order chi connectivity index (χ1) is 13.1. The van der Waals surface area contributed by atoms with Crippen LogP contribution < -0.4 is 10.2 Å². The Morgan fingerprint density at radius 1 is 1.26 bits per heavy atom. The van der Waals surface area contributed by atoms with Crippen LogP contribution in [0.5, 0.6) is 0 Å². The van der Waals surface area contributed by atoms with Crippen LogP contribution in [0.4, 0.5) is 11.4 Å². The van der Waals surface area contributed by atoms with Crippen molar-refractivity contribution in [2.75, 3.05) is 23.4 Å². The molecule has 2 aromatic rings. The number of anilines is 2. The van der Waals surface area contributed by atoms with Crippen LogP contribution in [-0.2, 0) is 9.53 Å². The third-order valence-electron chi connectivity index (χ3n) is 4.53. The fraction of sp³-hybridized carbons (Fsp3) is 0.286. The first-order valence-corrected chi connectivity index (χ1v) is 8.97. The van der Waals surface area contributed by atoms with E-state index in [9.17, 15) is 9.59 Å². The highest BCUT2D eigenvalue weighted by Gasteiger charge is 2.31. The van der Waals surface area contributed by atoms with Gasteiger partial charge in [0.1, 0.15) is 6.04 Å². The molecule has 1 aliphatic rings. The van der Waals surface area contributed by atoms with E-state index in [1.165, 1.54) is 0 Å². The largest absolute Gasteiger partial charge is 0.462 e. The van der Waals surface area contributed by atoms with E-state index in [0.29, 0.717) is 23.4 Å². The summed E-state index contributed by atoms with van der Waals surface area (Å²) in [4.78, 5) is 26.8. The minimum Gasteiger partial charge on any atom is -0.462 e. The fourth-order valence-corrected chi connectivity index (χ4v) is 3.23. The summed E-state index contributed by atoms with van der Waals surface area (Å²) in [5.41, 5.74) is 2.52. The van der Waals surface area contributed by atoms with Crippen molar-refractivity contribution in [3.8, 4) is 6.07 Å². The lowest BCUT2D eigenvalue weighted by Gasteiger charge is -2.26. The third-order valence-corrected chi connectivity index (χ3v) is 4.53. The van der Waals surface area contributed by atoms with Crippen molar-refractivity contribution >= 4 is 23.3 Å². The lowest BCUT2D eigenvalue weighted by molar-refractivity contribution is -0.117. The number of rotatable bonds is 5. The van der Waals surface area contributed by atoms with E-state index in [4.69, 9.17) is 10.00 Å². The summed E-state index contributed by atoms with van der Waals surface area (Å²) in [6.45, 7) is 2.84. The number of nitriles is 1. The third kappa shape index (κ3) is 4.26. The number of hydrogen-bond donors (Lipinski definition) is 1. The van der Waals surface area contributed by atoms with E-state index in [-0.39, 0.29) is 17.9 Å². The van der Waals surface area contributed by atoms with Crippen LogP contribution in [0.25, 0.3) is 0 Å². The molecule has 6 heteroatoms. The van der Waals surface area contributed by atoms with E-state index in [2.05, 4.69) is 11.4 Å². The predicted octanol–water partition coefficient (Wildman–Crippen LogP) is 3.34. The number of esters is 1. The summed E-state index contributed by atoms with van der Waals surface area (Å²) >= 11 is 0. The highest BCUT2D eigenvalue weighted by atomic mass is 16.5. The molecule has 0 spiro atoms. The molecule has 1 heterocycles. The molecule has 0 aliphatic carbocycles.